The monoisotopic (exact) mass is 662 g/mol. The topological polar surface area (TPSA) is 0 Å². The van der Waals surface area contributed by atoms with Crippen molar-refractivity contribution in [2.45, 2.75) is 6.81 Å². The molecule has 0 fully saturated rings. The highest BCUT2D eigenvalue weighted by Crippen LogP contribution is 2.53. The second-order valence-electron chi connectivity index (χ2n) is 1.54. The summed E-state index contributed by atoms with van der Waals surface area (Å²) in [5.41, 5.74) is 0. The average Bonchev–Trinajstić information content (AvgIpc) is 1.85. The summed E-state index contributed by atoms with van der Waals surface area (Å²) in [6, 6.07) is 0. The molecule has 0 aromatic rings. The van der Waals surface area contributed by atoms with Gasteiger partial charge in [-0.15, -0.1) is 11.6 Å². The van der Waals surface area contributed by atoms with Gasteiger partial charge in [0.25, 0.3) is 0 Å². The molecule has 0 bridgehead atoms. The first-order valence-corrected chi connectivity index (χ1v) is 7.69. The van der Waals surface area contributed by atoms with E-state index in [9.17, 15) is 0 Å². The number of halogens is 7. The third-order valence-electron chi connectivity index (χ3n) is 0.762. The van der Waals surface area contributed by atoms with E-state index in [1.54, 1.807) is 0 Å². The maximum absolute atomic E-state index is 5.96. The fourth-order valence-corrected chi connectivity index (χ4v) is 3.02. The summed E-state index contributed by atoms with van der Waals surface area (Å²) in [4.78, 5) is 0.210. The van der Waals surface area contributed by atoms with Gasteiger partial charge < -0.3 is 0 Å². The Bertz CT molecular complexity index is 127. The SMILES string of the molecule is Cl[C](Cl)C(Cl)C(I)(I)[C](I)I. The van der Waals surface area contributed by atoms with Gasteiger partial charge in [-0.25, -0.2) is 0 Å². The Morgan fingerprint density at radius 1 is 1.18 bits per heavy atom. The van der Waals surface area contributed by atoms with Crippen molar-refractivity contribution < 1.29 is 0 Å². The molecule has 0 aliphatic rings. The zero-order valence-electron chi connectivity index (χ0n) is 4.72. The third kappa shape index (κ3) is 4.89. The second-order valence-corrected chi connectivity index (χ2v) is 12.7. The third-order valence-corrected chi connectivity index (χ3v) is 10.9. The lowest BCUT2D eigenvalue weighted by molar-refractivity contribution is 1.03. The van der Waals surface area contributed by atoms with Gasteiger partial charge in [0, 0.05) is 0 Å². The highest BCUT2D eigenvalue weighted by molar-refractivity contribution is 14.2. The molecule has 0 N–H and O–H groups in total. The zero-order valence-corrected chi connectivity index (χ0v) is 15.6. The maximum Gasteiger partial charge on any atom is 0.170 e. The molecule has 2 radical (unpaired) electrons. The van der Waals surface area contributed by atoms with Crippen molar-refractivity contribution >= 4 is 125 Å². The van der Waals surface area contributed by atoms with Crippen molar-refractivity contribution in [1.82, 2.24) is 0 Å². The molecule has 66 valence electrons. The molecule has 11 heavy (non-hydrogen) atoms. The first-order chi connectivity index (χ1) is 4.80. The first-order valence-electron chi connectivity index (χ1n) is 2.18. The van der Waals surface area contributed by atoms with Gasteiger partial charge in [0.1, 0.15) is 3.36 Å². The van der Waals surface area contributed by atoms with E-state index in [0.717, 1.165) is 1.93 Å². The predicted molar refractivity (Wildman–Crippen MR) is 86.6 cm³/mol. The predicted octanol–water partition coefficient (Wildman–Crippen LogP) is 5.49. The minimum absolute atomic E-state index is 0.210. The Balaban J connectivity index is 4.29. The van der Waals surface area contributed by atoms with Gasteiger partial charge in [-0.1, -0.05) is 114 Å². The highest BCUT2D eigenvalue weighted by Gasteiger charge is 2.42. The summed E-state index contributed by atoms with van der Waals surface area (Å²) in [5, 5.41) is -0.351. The summed E-state index contributed by atoms with van der Waals surface area (Å²) >= 11 is 26.0. The normalized spacial score (nSPS) is 16.1. The van der Waals surface area contributed by atoms with Crippen LogP contribution in [0.3, 0.4) is 0 Å². The zero-order chi connectivity index (χ0) is 9.23. The van der Waals surface area contributed by atoms with Crippen LogP contribution in [0.4, 0.5) is 0 Å². The number of alkyl halides is 3. The molecule has 0 heterocycles. The fraction of sp³-hybridized carbons (Fsp3) is 0.500. The quantitative estimate of drug-likeness (QED) is 0.277. The van der Waals surface area contributed by atoms with Crippen LogP contribution in [0.2, 0.25) is 0 Å². The summed E-state index contributed by atoms with van der Waals surface area (Å²) < 4.78 is 0.907. The molecule has 0 aromatic carbocycles. The van der Waals surface area contributed by atoms with Gasteiger partial charge in [0.05, 0.1) is 5.38 Å². The molecule has 0 spiro atoms. The molecular formula is C4HCl3I4. The van der Waals surface area contributed by atoms with Crippen LogP contribution in [0.5, 0.6) is 0 Å². The van der Waals surface area contributed by atoms with Gasteiger partial charge in [-0.05, 0) is 0 Å². The van der Waals surface area contributed by atoms with Crippen LogP contribution < -0.4 is 0 Å². The summed E-state index contributed by atoms with van der Waals surface area (Å²) in [5.74, 6) is 0. The Kier molecular flexibility index (Phi) is 8.59. The van der Waals surface area contributed by atoms with E-state index in [1.807, 2.05) is 0 Å². The average molecular weight is 663 g/mol. The van der Waals surface area contributed by atoms with Crippen LogP contribution in [0.25, 0.3) is 0 Å². The minimum atomic E-state index is -0.351. The van der Waals surface area contributed by atoms with Gasteiger partial charge in [0.2, 0.25) is 0 Å². The molecule has 0 aliphatic carbocycles. The molecule has 0 amide bonds. The summed E-state index contributed by atoms with van der Waals surface area (Å²) in [6.07, 6.45) is 0. The van der Waals surface area contributed by atoms with Crippen molar-refractivity contribution in [3.8, 4) is 0 Å². The van der Waals surface area contributed by atoms with Gasteiger partial charge in [-0.3, -0.25) is 0 Å². The Morgan fingerprint density at radius 2 is 1.55 bits per heavy atom. The molecule has 0 aliphatic heterocycles. The molecule has 0 rings (SSSR count). The summed E-state index contributed by atoms with van der Waals surface area (Å²) in [7, 11) is 0. The lowest BCUT2D eigenvalue weighted by atomic mass is 10.4. The molecular weight excluding hydrogens is 662 g/mol. The number of rotatable bonds is 3. The van der Waals surface area contributed by atoms with Crippen LogP contribution in [0.1, 0.15) is 0 Å². The van der Waals surface area contributed by atoms with Crippen LogP contribution in [0, 0.1) is 6.77 Å². The Hall–Kier alpha value is 3.79. The minimum Gasteiger partial charge on any atom is -0.117 e. The summed E-state index contributed by atoms with van der Waals surface area (Å²) in [6.45, 7) is 0. The van der Waals surface area contributed by atoms with E-state index in [0.29, 0.717) is 0 Å². The molecule has 0 saturated heterocycles. The number of hydrogen-bond acceptors (Lipinski definition) is 0. The van der Waals surface area contributed by atoms with Gasteiger partial charge >= 0.3 is 0 Å². The van der Waals surface area contributed by atoms with Crippen LogP contribution in [-0.4, -0.2) is 6.81 Å². The van der Waals surface area contributed by atoms with Crippen molar-refractivity contribution in [3.63, 3.8) is 0 Å². The lowest BCUT2D eigenvalue weighted by Crippen LogP contribution is -2.28. The van der Waals surface area contributed by atoms with Crippen molar-refractivity contribution in [2.24, 2.45) is 0 Å². The fourth-order valence-electron chi connectivity index (χ4n) is 0.233. The van der Waals surface area contributed by atoms with E-state index in [2.05, 4.69) is 90.4 Å². The number of hydrogen-bond donors (Lipinski definition) is 0. The molecule has 0 nitrogen and oxygen atoms in total. The molecule has 0 saturated carbocycles. The van der Waals surface area contributed by atoms with E-state index in [4.69, 9.17) is 34.8 Å². The van der Waals surface area contributed by atoms with E-state index < -0.39 is 0 Å². The van der Waals surface area contributed by atoms with Crippen LogP contribution >= 0.6 is 125 Å². The molecule has 1 atom stereocenters. The second kappa shape index (κ2) is 6.39. The highest BCUT2D eigenvalue weighted by atomic mass is 127. The Morgan fingerprint density at radius 3 is 1.64 bits per heavy atom. The van der Waals surface area contributed by atoms with Gasteiger partial charge in [0.15, 0.2) is 4.84 Å². The first kappa shape index (κ1) is 14.8. The molecule has 7 heteroatoms. The van der Waals surface area contributed by atoms with Crippen molar-refractivity contribution in [2.75, 3.05) is 0 Å². The smallest absolute Gasteiger partial charge is 0.117 e. The largest absolute Gasteiger partial charge is 0.170 e. The maximum atomic E-state index is 5.96. The van der Waals surface area contributed by atoms with E-state index in [1.165, 1.54) is 0 Å². The standard InChI is InChI=1S/C4HCl3I4/c5-1(2(6)7)4(10,11)3(8)9/h1H. The lowest BCUT2D eigenvalue weighted by Gasteiger charge is -2.27. The van der Waals surface area contributed by atoms with E-state index in [-0.39, 0.29) is 11.6 Å². The Labute approximate surface area is 136 Å². The van der Waals surface area contributed by atoms with Crippen LogP contribution in [0.15, 0.2) is 0 Å². The van der Waals surface area contributed by atoms with Crippen molar-refractivity contribution in [1.29, 1.82) is 0 Å². The molecule has 1 unspecified atom stereocenters. The van der Waals surface area contributed by atoms with Gasteiger partial charge in [-0.2, -0.15) is 0 Å². The van der Waals surface area contributed by atoms with E-state index >= 15 is 0 Å². The van der Waals surface area contributed by atoms with Crippen LogP contribution in [-0.2, 0) is 0 Å². The molecule has 0 aromatic heterocycles. The van der Waals surface area contributed by atoms with Crippen molar-refractivity contribution in [3.05, 3.63) is 6.77 Å².